The number of carbonyl (C=O) groups is 2. The van der Waals surface area contributed by atoms with Crippen LogP contribution in [0.1, 0.15) is 32.0 Å². The molecule has 1 heterocycles. The SMILES string of the molecule is COC(=O)c1ccc2nc(C)cc(NC(=O)c3cccc(C)c3)c2c1. The lowest BCUT2D eigenvalue weighted by atomic mass is 10.1. The summed E-state index contributed by atoms with van der Waals surface area (Å²) >= 11 is 0. The minimum Gasteiger partial charge on any atom is -0.465 e. The molecular formula is C20H18N2O3. The molecule has 0 fully saturated rings. The molecule has 0 saturated heterocycles. The van der Waals surface area contributed by atoms with Crippen molar-refractivity contribution >= 4 is 28.5 Å². The Kier molecular flexibility index (Phi) is 4.48. The zero-order chi connectivity index (χ0) is 18.0. The number of amides is 1. The molecule has 5 nitrogen and oxygen atoms in total. The highest BCUT2D eigenvalue weighted by Crippen LogP contribution is 2.25. The Labute approximate surface area is 145 Å². The Morgan fingerprint density at radius 3 is 2.52 bits per heavy atom. The van der Waals surface area contributed by atoms with Gasteiger partial charge in [-0.2, -0.15) is 0 Å². The number of nitrogens with one attached hydrogen (secondary N) is 1. The first-order valence-electron chi connectivity index (χ1n) is 7.85. The summed E-state index contributed by atoms with van der Waals surface area (Å²) in [4.78, 5) is 28.8. The second kappa shape index (κ2) is 6.73. The van der Waals surface area contributed by atoms with Crippen LogP contribution in [0.15, 0.2) is 48.5 Å². The summed E-state index contributed by atoms with van der Waals surface area (Å²) in [7, 11) is 1.33. The Bertz CT molecular complexity index is 980. The molecule has 1 amide bonds. The molecule has 0 atom stereocenters. The molecule has 126 valence electrons. The Morgan fingerprint density at radius 2 is 1.80 bits per heavy atom. The number of benzene rings is 2. The van der Waals surface area contributed by atoms with Crippen molar-refractivity contribution in [3.05, 3.63) is 70.9 Å². The van der Waals surface area contributed by atoms with Crippen molar-refractivity contribution in [3.63, 3.8) is 0 Å². The molecular weight excluding hydrogens is 316 g/mol. The summed E-state index contributed by atoms with van der Waals surface area (Å²) < 4.78 is 4.77. The molecule has 0 unspecified atom stereocenters. The third kappa shape index (κ3) is 3.50. The largest absolute Gasteiger partial charge is 0.465 e. The Hall–Kier alpha value is -3.21. The van der Waals surface area contributed by atoms with Crippen LogP contribution in [0.3, 0.4) is 0 Å². The molecule has 0 spiro atoms. The van der Waals surface area contributed by atoms with E-state index in [4.69, 9.17) is 4.74 Å². The molecule has 1 N–H and O–H groups in total. The van der Waals surface area contributed by atoms with Gasteiger partial charge in [0.1, 0.15) is 0 Å². The molecule has 3 rings (SSSR count). The monoisotopic (exact) mass is 334 g/mol. The summed E-state index contributed by atoms with van der Waals surface area (Å²) in [6, 6.07) is 14.2. The maximum absolute atomic E-state index is 12.6. The number of aryl methyl sites for hydroxylation is 2. The van der Waals surface area contributed by atoms with Gasteiger partial charge in [-0.05, 0) is 50.2 Å². The lowest BCUT2D eigenvalue weighted by Crippen LogP contribution is -2.13. The van der Waals surface area contributed by atoms with E-state index < -0.39 is 5.97 Å². The molecule has 0 aliphatic heterocycles. The summed E-state index contributed by atoms with van der Waals surface area (Å²) in [5.74, 6) is -0.641. The second-order valence-corrected chi connectivity index (χ2v) is 5.86. The van der Waals surface area contributed by atoms with Gasteiger partial charge < -0.3 is 10.1 Å². The summed E-state index contributed by atoms with van der Waals surface area (Å²) in [5, 5.41) is 3.61. The quantitative estimate of drug-likeness (QED) is 0.738. The topological polar surface area (TPSA) is 68.3 Å². The van der Waals surface area contributed by atoms with Gasteiger partial charge in [-0.1, -0.05) is 17.7 Å². The van der Waals surface area contributed by atoms with Gasteiger partial charge in [-0.3, -0.25) is 9.78 Å². The van der Waals surface area contributed by atoms with Crippen molar-refractivity contribution in [1.29, 1.82) is 0 Å². The summed E-state index contributed by atoms with van der Waals surface area (Å²) in [6.07, 6.45) is 0. The second-order valence-electron chi connectivity index (χ2n) is 5.86. The predicted molar refractivity (Wildman–Crippen MR) is 97.0 cm³/mol. The Morgan fingerprint density at radius 1 is 1.00 bits per heavy atom. The minimum atomic E-state index is -0.432. The number of rotatable bonds is 3. The number of pyridine rings is 1. The number of anilines is 1. The number of aromatic nitrogens is 1. The van der Waals surface area contributed by atoms with Crippen LogP contribution in [-0.2, 0) is 4.74 Å². The number of esters is 1. The smallest absolute Gasteiger partial charge is 0.337 e. The number of hydrogen-bond donors (Lipinski definition) is 1. The van der Waals surface area contributed by atoms with Crippen LogP contribution in [0.25, 0.3) is 10.9 Å². The molecule has 0 aliphatic rings. The maximum Gasteiger partial charge on any atom is 0.337 e. The van der Waals surface area contributed by atoms with Crippen LogP contribution in [-0.4, -0.2) is 24.0 Å². The highest BCUT2D eigenvalue weighted by Gasteiger charge is 2.13. The van der Waals surface area contributed by atoms with E-state index in [-0.39, 0.29) is 5.91 Å². The van der Waals surface area contributed by atoms with E-state index in [0.29, 0.717) is 27.7 Å². The fourth-order valence-corrected chi connectivity index (χ4v) is 2.69. The highest BCUT2D eigenvalue weighted by molar-refractivity contribution is 6.09. The van der Waals surface area contributed by atoms with Crippen molar-refractivity contribution < 1.29 is 14.3 Å². The standard InChI is InChI=1S/C20H18N2O3/c1-12-5-4-6-14(9-12)19(23)22-18-10-13(2)21-17-8-7-15(11-16(17)18)20(24)25-3/h4-11H,1-3H3,(H,21,22,23). The lowest BCUT2D eigenvalue weighted by molar-refractivity contribution is 0.0601. The number of nitrogens with zero attached hydrogens (tertiary/aromatic N) is 1. The van der Waals surface area contributed by atoms with Crippen molar-refractivity contribution in [2.24, 2.45) is 0 Å². The molecule has 0 aliphatic carbocycles. The van der Waals surface area contributed by atoms with Gasteiger partial charge in [-0.25, -0.2) is 4.79 Å². The maximum atomic E-state index is 12.6. The third-order valence-electron chi connectivity index (χ3n) is 3.89. The van der Waals surface area contributed by atoms with E-state index in [1.165, 1.54) is 7.11 Å². The van der Waals surface area contributed by atoms with Gasteiger partial charge in [0, 0.05) is 16.6 Å². The number of ether oxygens (including phenoxy) is 1. The van der Waals surface area contributed by atoms with Gasteiger partial charge in [0.2, 0.25) is 0 Å². The van der Waals surface area contributed by atoms with Gasteiger partial charge in [0.15, 0.2) is 0 Å². The van der Waals surface area contributed by atoms with Crippen LogP contribution in [0.4, 0.5) is 5.69 Å². The van der Waals surface area contributed by atoms with E-state index >= 15 is 0 Å². The summed E-state index contributed by atoms with van der Waals surface area (Å²) in [5.41, 5.74) is 4.08. The van der Waals surface area contributed by atoms with Gasteiger partial charge in [0.25, 0.3) is 5.91 Å². The number of methoxy groups -OCH3 is 1. The number of fused-ring (bicyclic) bond motifs is 1. The first kappa shape index (κ1) is 16.6. The van der Waals surface area contributed by atoms with Gasteiger partial charge in [0.05, 0.1) is 23.9 Å². The molecule has 2 aromatic carbocycles. The zero-order valence-corrected chi connectivity index (χ0v) is 14.3. The molecule has 3 aromatic rings. The van der Waals surface area contributed by atoms with Gasteiger partial charge >= 0.3 is 5.97 Å². The van der Waals surface area contributed by atoms with Crippen LogP contribution < -0.4 is 5.32 Å². The molecule has 0 radical (unpaired) electrons. The molecule has 0 saturated carbocycles. The average Bonchev–Trinajstić information content (AvgIpc) is 2.60. The third-order valence-corrected chi connectivity index (χ3v) is 3.89. The molecule has 25 heavy (non-hydrogen) atoms. The normalized spacial score (nSPS) is 10.5. The fraction of sp³-hybridized carbons (Fsp3) is 0.150. The number of carbonyl (C=O) groups excluding carboxylic acids is 2. The van der Waals surface area contributed by atoms with Crippen molar-refractivity contribution in [3.8, 4) is 0 Å². The van der Waals surface area contributed by atoms with E-state index in [0.717, 1.165) is 11.3 Å². The van der Waals surface area contributed by atoms with E-state index in [2.05, 4.69) is 10.3 Å². The first-order valence-corrected chi connectivity index (χ1v) is 7.85. The van der Waals surface area contributed by atoms with E-state index in [9.17, 15) is 9.59 Å². The molecule has 0 bridgehead atoms. The van der Waals surface area contributed by atoms with Crippen LogP contribution in [0.5, 0.6) is 0 Å². The van der Waals surface area contributed by atoms with E-state index in [1.54, 1.807) is 30.3 Å². The first-order chi connectivity index (χ1) is 12.0. The average molecular weight is 334 g/mol. The lowest BCUT2D eigenvalue weighted by Gasteiger charge is -2.11. The van der Waals surface area contributed by atoms with E-state index in [1.807, 2.05) is 32.0 Å². The van der Waals surface area contributed by atoms with Crippen LogP contribution >= 0.6 is 0 Å². The minimum absolute atomic E-state index is 0.209. The zero-order valence-electron chi connectivity index (χ0n) is 14.3. The van der Waals surface area contributed by atoms with Crippen molar-refractivity contribution in [2.45, 2.75) is 13.8 Å². The highest BCUT2D eigenvalue weighted by atomic mass is 16.5. The van der Waals surface area contributed by atoms with Crippen LogP contribution in [0, 0.1) is 13.8 Å². The summed E-state index contributed by atoms with van der Waals surface area (Å²) in [6.45, 7) is 3.79. The Balaban J connectivity index is 2.04. The molecule has 1 aromatic heterocycles. The van der Waals surface area contributed by atoms with Crippen LogP contribution in [0.2, 0.25) is 0 Å². The molecule has 5 heteroatoms. The van der Waals surface area contributed by atoms with Gasteiger partial charge in [-0.15, -0.1) is 0 Å². The number of hydrogen-bond acceptors (Lipinski definition) is 4. The fourth-order valence-electron chi connectivity index (χ4n) is 2.69. The van der Waals surface area contributed by atoms with Crippen molar-refractivity contribution in [2.75, 3.05) is 12.4 Å². The predicted octanol–water partition coefficient (Wildman–Crippen LogP) is 3.89. The van der Waals surface area contributed by atoms with Crippen molar-refractivity contribution in [1.82, 2.24) is 4.98 Å².